The Morgan fingerprint density at radius 3 is 2.90 bits per heavy atom. The summed E-state index contributed by atoms with van der Waals surface area (Å²) >= 11 is 0. The Morgan fingerprint density at radius 1 is 1.23 bits per heavy atom. The molecule has 2 aliphatic carbocycles. The predicted molar refractivity (Wildman–Crippen MR) is 112 cm³/mol. The van der Waals surface area contributed by atoms with E-state index >= 15 is 0 Å². The van der Waals surface area contributed by atoms with E-state index in [0.717, 1.165) is 59.5 Å². The molecule has 0 atom stereocenters. The van der Waals surface area contributed by atoms with Crippen molar-refractivity contribution >= 4 is 11.9 Å². The van der Waals surface area contributed by atoms with Gasteiger partial charge in [0.25, 0.3) is 5.91 Å². The zero-order valence-corrected chi connectivity index (χ0v) is 17.1. The average molecular weight is 415 g/mol. The third kappa shape index (κ3) is 2.71. The molecule has 0 saturated heterocycles. The molecule has 2 N–H and O–H groups in total. The lowest BCUT2D eigenvalue weighted by atomic mass is 9.88. The molecular formula is C23H21N5O3. The van der Waals surface area contributed by atoms with Crippen molar-refractivity contribution < 1.29 is 14.3 Å². The van der Waals surface area contributed by atoms with Crippen molar-refractivity contribution in [3.63, 3.8) is 0 Å². The van der Waals surface area contributed by atoms with Crippen LogP contribution in [0.4, 0.5) is 0 Å². The number of esters is 1. The van der Waals surface area contributed by atoms with Crippen molar-refractivity contribution in [3.8, 4) is 22.8 Å². The minimum atomic E-state index is -0.421. The number of nitrogens with zero attached hydrogens (tertiary/aromatic N) is 3. The number of hydrogen-bond acceptors (Lipinski definition) is 6. The molecule has 1 amide bonds. The van der Waals surface area contributed by atoms with Gasteiger partial charge in [-0.2, -0.15) is 0 Å². The summed E-state index contributed by atoms with van der Waals surface area (Å²) in [5.41, 5.74) is 6.81. The van der Waals surface area contributed by atoms with Crippen molar-refractivity contribution in [1.82, 2.24) is 25.3 Å². The molecule has 3 aromatic heterocycles. The molecule has 4 heterocycles. The SMILES string of the molecule is CCOC(=O)c1cncc(-c2ncc3c(n2)-c2[nH]c4c(c2CC3)C(=O)NCC42CC2)c1. The van der Waals surface area contributed by atoms with Crippen molar-refractivity contribution in [2.75, 3.05) is 13.2 Å². The van der Waals surface area contributed by atoms with Gasteiger partial charge in [0, 0.05) is 41.8 Å². The van der Waals surface area contributed by atoms with E-state index < -0.39 is 5.97 Å². The summed E-state index contributed by atoms with van der Waals surface area (Å²) in [7, 11) is 0. The summed E-state index contributed by atoms with van der Waals surface area (Å²) in [5, 5.41) is 3.07. The molecule has 3 aromatic rings. The lowest BCUT2D eigenvalue weighted by molar-refractivity contribution is 0.0525. The second-order valence-corrected chi connectivity index (χ2v) is 8.44. The Balaban J connectivity index is 1.45. The number of fused-ring (bicyclic) bond motifs is 6. The molecule has 31 heavy (non-hydrogen) atoms. The van der Waals surface area contributed by atoms with E-state index in [0.29, 0.717) is 30.1 Å². The third-order valence-electron chi connectivity index (χ3n) is 6.56. The van der Waals surface area contributed by atoms with Crippen LogP contribution in [-0.2, 0) is 23.0 Å². The first kappa shape index (κ1) is 18.2. The number of H-pyrrole nitrogens is 1. The van der Waals surface area contributed by atoms with E-state index in [1.807, 2.05) is 6.20 Å². The smallest absolute Gasteiger partial charge is 0.339 e. The summed E-state index contributed by atoms with van der Waals surface area (Å²) in [6.45, 7) is 2.77. The Hall–Kier alpha value is -3.55. The summed E-state index contributed by atoms with van der Waals surface area (Å²) in [4.78, 5) is 41.9. The van der Waals surface area contributed by atoms with E-state index in [9.17, 15) is 9.59 Å². The van der Waals surface area contributed by atoms with Crippen LogP contribution in [0.25, 0.3) is 22.8 Å². The van der Waals surface area contributed by atoms with Crippen LogP contribution in [0.5, 0.6) is 0 Å². The molecule has 0 bridgehead atoms. The van der Waals surface area contributed by atoms with Crippen LogP contribution in [0.15, 0.2) is 24.7 Å². The van der Waals surface area contributed by atoms with E-state index in [-0.39, 0.29) is 11.3 Å². The zero-order chi connectivity index (χ0) is 21.2. The number of hydrogen-bond donors (Lipinski definition) is 2. The number of pyridine rings is 1. The summed E-state index contributed by atoms with van der Waals surface area (Å²) < 4.78 is 5.08. The molecule has 3 aliphatic rings. The first-order valence-electron chi connectivity index (χ1n) is 10.6. The fourth-order valence-electron chi connectivity index (χ4n) is 4.74. The van der Waals surface area contributed by atoms with Crippen LogP contribution in [0.3, 0.4) is 0 Å². The maximum atomic E-state index is 12.7. The van der Waals surface area contributed by atoms with E-state index in [4.69, 9.17) is 9.72 Å². The minimum Gasteiger partial charge on any atom is -0.462 e. The Labute approximate surface area is 178 Å². The highest BCUT2D eigenvalue weighted by atomic mass is 16.5. The van der Waals surface area contributed by atoms with Gasteiger partial charge in [0.1, 0.15) is 0 Å². The second-order valence-electron chi connectivity index (χ2n) is 8.44. The highest BCUT2D eigenvalue weighted by Gasteiger charge is 2.51. The fourth-order valence-corrected chi connectivity index (χ4v) is 4.74. The molecule has 0 radical (unpaired) electrons. The molecule has 6 rings (SSSR count). The van der Waals surface area contributed by atoms with Crippen LogP contribution in [0.2, 0.25) is 0 Å². The molecular weight excluding hydrogens is 394 g/mol. The maximum Gasteiger partial charge on any atom is 0.339 e. The summed E-state index contributed by atoms with van der Waals surface area (Å²) in [6, 6.07) is 1.70. The number of ether oxygens (including phenoxy) is 1. The zero-order valence-electron chi connectivity index (χ0n) is 17.1. The number of carbonyl (C=O) groups excluding carboxylic acids is 2. The summed E-state index contributed by atoms with van der Waals surface area (Å²) in [5.74, 6) is 0.0763. The van der Waals surface area contributed by atoms with Crippen LogP contribution >= 0.6 is 0 Å². The van der Waals surface area contributed by atoms with Crippen LogP contribution < -0.4 is 5.32 Å². The van der Waals surface area contributed by atoms with Crippen LogP contribution in [0.1, 0.15) is 57.3 Å². The van der Waals surface area contributed by atoms with Crippen LogP contribution in [0, 0.1) is 0 Å². The molecule has 1 spiro atoms. The minimum absolute atomic E-state index is 0.00842. The standard InChI is InChI=1S/C23H21N5O3/c1-2-31-22(30)14-7-13(8-24-9-14)20-25-10-12-3-4-15-16-19(27-18(15)17(12)28-20)23(5-6-23)11-26-21(16)29/h7-10,27H,2-6,11H2,1H3,(H,26,29). The summed E-state index contributed by atoms with van der Waals surface area (Å²) in [6.07, 6.45) is 8.71. The Bertz CT molecular complexity index is 1260. The number of aromatic amines is 1. The number of carbonyl (C=O) groups is 2. The van der Waals surface area contributed by atoms with E-state index in [1.165, 1.54) is 6.20 Å². The molecule has 1 aliphatic heterocycles. The largest absolute Gasteiger partial charge is 0.462 e. The highest BCUT2D eigenvalue weighted by molar-refractivity contribution is 6.01. The molecule has 8 nitrogen and oxygen atoms in total. The monoisotopic (exact) mass is 415 g/mol. The van der Waals surface area contributed by atoms with Gasteiger partial charge < -0.3 is 15.0 Å². The van der Waals surface area contributed by atoms with Gasteiger partial charge in [-0.15, -0.1) is 0 Å². The number of rotatable bonds is 3. The van der Waals surface area contributed by atoms with Crippen molar-refractivity contribution in [3.05, 3.63) is 52.6 Å². The topological polar surface area (TPSA) is 110 Å². The van der Waals surface area contributed by atoms with Gasteiger partial charge >= 0.3 is 5.97 Å². The van der Waals surface area contributed by atoms with Gasteiger partial charge in [0.2, 0.25) is 0 Å². The number of nitrogens with one attached hydrogen (secondary N) is 2. The molecule has 1 saturated carbocycles. The van der Waals surface area contributed by atoms with Gasteiger partial charge in [-0.1, -0.05) is 0 Å². The molecule has 156 valence electrons. The lowest BCUT2D eigenvalue weighted by Gasteiger charge is -2.23. The quantitative estimate of drug-likeness (QED) is 0.637. The Kier molecular flexibility index (Phi) is 3.81. The lowest BCUT2D eigenvalue weighted by Crippen LogP contribution is -2.39. The van der Waals surface area contributed by atoms with Crippen molar-refractivity contribution in [2.45, 2.75) is 38.0 Å². The number of amides is 1. The van der Waals surface area contributed by atoms with E-state index in [2.05, 4.69) is 20.3 Å². The molecule has 0 unspecified atom stereocenters. The van der Waals surface area contributed by atoms with Crippen molar-refractivity contribution in [1.29, 1.82) is 0 Å². The molecule has 8 heteroatoms. The first-order valence-corrected chi connectivity index (χ1v) is 10.6. The van der Waals surface area contributed by atoms with Gasteiger partial charge in [0.05, 0.1) is 29.1 Å². The second kappa shape index (κ2) is 6.47. The maximum absolute atomic E-state index is 12.7. The van der Waals surface area contributed by atoms with Gasteiger partial charge in [-0.05, 0) is 49.8 Å². The fraction of sp³-hybridized carbons (Fsp3) is 0.348. The normalized spacial score (nSPS) is 17.4. The predicted octanol–water partition coefficient (Wildman–Crippen LogP) is 2.58. The average Bonchev–Trinajstić information content (AvgIpc) is 3.46. The molecule has 0 aromatic carbocycles. The van der Waals surface area contributed by atoms with E-state index in [1.54, 1.807) is 19.2 Å². The first-order chi connectivity index (χ1) is 15.1. The Morgan fingerprint density at radius 2 is 2.10 bits per heavy atom. The number of aromatic nitrogens is 4. The molecule has 1 fully saturated rings. The van der Waals surface area contributed by atoms with Crippen molar-refractivity contribution in [2.24, 2.45) is 0 Å². The van der Waals surface area contributed by atoms with Crippen LogP contribution in [-0.4, -0.2) is 45.0 Å². The number of aryl methyl sites for hydroxylation is 1. The third-order valence-corrected chi connectivity index (χ3v) is 6.56. The van der Waals surface area contributed by atoms with Gasteiger partial charge in [-0.3, -0.25) is 9.78 Å². The highest BCUT2D eigenvalue weighted by Crippen LogP contribution is 2.52. The van der Waals surface area contributed by atoms with Gasteiger partial charge in [0.15, 0.2) is 5.82 Å². The van der Waals surface area contributed by atoms with Gasteiger partial charge in [-0.25, -0.2) is 14.8 Å².